The average molecular weight is 479 g/mol. The van der Waals surface area contributed by atoms with Crippen molar-refractivity contribution in [3.05, 3.63) is 57.0 Å². The molecule has 1 saturated heterocycles. The van der Waals surface area contributed by atoms with Crippen LogP contribution in [0.3, 0.4) is 0 Å². The first kappa shape index (κ1) is 24.2. The van der Waals surface area contributed by atoms with Crippen molar-refractivity contribution in [2.24, 2.45) is 0 Å². The molecule has 1 aromatic heterocycles. The van der Waals surface area contributed by atoms with Crippen molar-refractivity contribution in [2.45, 2.75) is 48.8 Å². The number of aryl methyl sites for hydroxylation is 1. The Morgan fingerprint density at radius 1 is 1.28 bits per heavy atom. The topological polar surface area (TPSA) is 92.2 Å². The van der Waals surface area contributed by atoms with Gasteiger partial charge in [0.1, 0.15) is 0 Å². The normalized spacial score (nSPS) is 24.0. The molecule has 3 atom stereocenters. The first-order valence-corrected chi connectivity index (χ1v) is 10.5. The zero-order chi connectivity index (χ0) is 24.0. The van der Waals surface area contributed by atoms with Gasteiger partial charge in [-0.15, -0.1) is 0 Å². The van der Waals surface area contributed by atoms with E-state index in [0.29, 0.717) is 0 Å². The summed E-state index contributed by atoms with van der Waals surface area (Å²) in [5.41, 5.74) is -3.06. The number of pyridine rings is 1. The molecule has 1 fully saturated rings. The fourth-order valence-corrected chi connectivity index (χ4v) is 4.59. The predicted molar refractivity (Wildman–Crippen MR) is 104 cm³/mol. The Morgan fingerprint density at radius 3 is 2.47 bits per heavy atom. The molecule has 0 amide bonds. The van der Waals surface area contributed by atoms with E-state index in [9.17, 15) is 31.0 Å². The molecule has 6 nitrogen and oxygen atoms in total. The van der Waals surface area contributed by atoms with Gasteiger partial charge in [-0.05, 0) is 31.2 Å². The van der Waals surface area contributed by atoms with Gasteiger partial charge >= 0.3 is 6.18 Å². The molecule has 32 heavy (non-hydrogen) atoms. The second kappa shape index (κ2) is 8.47. The van der Waals surface area contributed by atoms with E-state index >= 15 is 0 Å². The van der Waals surface area contributed by atoms with E-state index < -0.39 is 70.0 Å². The van der Waals surface area contributed by atoms with Gasteiger partial charge in [-0.2, -0.15) is 28.2 Å². The first-order valence-electron chi connectivity index (χ1n) is 9.40. The highest BCUT2D eigenvalue weighted by Gasteiger charge is 2.57. The second-order valence-electron chi connectivity index (χ2n) is 7.75. The predicted octanol–water partition coefficient (Wildman–Crippen LogP) is 4.66. The Balaban J connectivity index is 2.21. The number of halogens is 5. The summed E-state index contributed by atoms with van der Waals surface area (Å²) in [6.07, 6.45) is -5.41. The smallest absolute Gasteiger partial charge is 0.417 e. The number of benzene rings is 1. The Kier molecular flexibility index (Phi) is 6.40. The summed E-state index contributed by atoms with van der Waals surface area (Å²) >= 11 is 0. The molecule has 1 aromatic carbocycles. The van der Waals surface area contributed by atoms with Gasteiger partial charge in [-0.1, -0.05) is 6.07 Å². The monoisotopic (exact) mass is 479 g/mol. The van der Waals surface area contributed by atoms with Gasteiger partial charge in [-0.3, -0.25) is 4.79 Å². The maximum atomic E-state index is 14.4. The number of hydrogen-bond donors (Lipinski definition) is 2. The van der Waals surface area contributed by atoms with Crippen LogP contribution in [0, 0.1) is 23.3 Å². The van der Waals surface area contributed by atoms with Crippen molar-refractivity contribution in [3.8, 4) is 5.75 Å². The minimum absolute atomic E-state index is 0.0122. The van der Waals surface area contributed by atoms with E-state index in [1.165, 1.54) is 6.92 Å². The Bertz CT molecular complexity index is 1170. The largest absolute Gasteiger partial charge is 0.493 e. The average Bonchev–Trinajstić information content (AvgIpc) is 2.68. The number of aromatic nitrogens is 1. The highest BCUT2D eigenvalue weighted by atomic mass is 32.2. The van der Waals surface area contributed by atoms with Crippen molar-refractivity contribution < 1.29 is 35.6 Å². The van der Waals surface area contributed by atoms with Gasteiger partial charge in [0.25, 0.3) is 0 Å². The molecule has 0 unspecified atom stereocenters. The highest BCUT2D eigenvalue weighted by Crippen LogP contribution is 2.51. The molecule has 176 valence electrons. The molecular weight excluding hydrogens is 459 g/mol. The van der Waals surface area contributed by atoms with Crippen LogP contribution in [0.25, 0.3) is 0 Å². The lowest BCUT2D eigenvalue weighted by atomic mass is 9.74. The zero-order valence-corrected chi connectivity index (χ0v) is 18.0. The lowest BCUT2D eigenvalue weighted by molar-refractivity contribution is -0.286. The Labute approximate surface area is 181 Å². The van der Waals surface area contributed by atoms with E-state index in [1.807, 2.05) is 0 Å². The molecule has 0 bridgehead atoms. The van der Waals surface area contributed by atoms with Crippen LogP contribution >= 0.6 is 0 Å². The molecule has 12 heteroatoms. The number of aromatic amines is 1. The molecular formula is C20H20F5N2O4S-. The molecule has 0 radical (unpaired) electrons. The Morgan fingerprint density at radius 2 is 1.94 bits per heavy atom. The molecule has 2 N–H and O–H groups in total. The van der Waals surface area contributed by atoms with Crippen LogP contribution in [0.1, 0.15) is 42.1 Å². The van der Waals surface area contributed by atoms with E-state index in [-0.39, 0.29) is 21.8 Å². The van der Waals surface area contributed by atoms with E-state index in [0.717, 1.165) is 32.2 Å². The number of methoxy groups -OCH3 is 1. The van der Waals surface area contributed by atoms with Crippen LogP contribution in [0.5, 0.6) is 5.75 Å². The molecule has 2 heterocycles. The van der Waals surface area contributed by atoms with Crippen LogP contribution in [0.4, 0.5) is 22.0 Å². The number of H-pyrrole nitrogens is 1. The van der Waals surface area contributed by atoms with E-state index in [1.54, 1.807) is 0 Å². The minimum Gasteiger partial charge on any atom is -0.493 e. The molecule has 0 saturated carbocycles. The van der Waals surface area contributed by atoms with Gasteiger partial charge in [-0.25, -0.2) is 4.39 Å². The first-order chi connectivity index (χ1) is 14.8. The SMILES string of the molecule is COc1c([C@@H]2C[C@](C)(C(F)(F)F)OC[C@H]2c2cc(=O)c([S-](=N)=O)c(C)[nH]2)ccc(F)c1F. The van der Waals surface area contributed by atoms with Crippen molar-refractivity contribution >= 4 is 10.6 Å². The Hall–Kier alpha value is -2.47. The summed E-state index contributed by atoms with van der Waals surface area (Å²) < 4.78 is 98.3. The van der Waals surface area contributed by atoms with Crippen molar-refractivity contribution in [2.75, 3.05) is 13.7 Å². The zero-order valence-electron chi connectivity index (χ0n) is 17.2. The summed E-state index contributed by atoms with van der Waals surface area (Å²) in [6, 6.07) is 2.98. The second-order valence-corrected chi connectivity index (χ2v) is 8.70. The van der Waals surface area contributed by atoms with Gasteiger partial charge < -0.3 is 23.4 Å². The van der Waals surface area contributed by atoms with Crippen molar-refractivity contribution in [1.29, 1.82) is 4.78 Å². The molecule has 1 aliphatic rings. The summed E-state index contributed by atoms with van der Waals surface area (Å²) in [5, 5.41) is 0. The highest BCUT2D eigenvalue weighted by molar-refractivity contribution is 7.73. The molecule has 1 aliphatic heterocycles. The summed E-state index contributed by atoms with van der Waals surface area (Å²) in [6.45, 7) is 1.77. The maximum Gasteiger partial charge on any atom is 0.417 e. The van der Waals surface area contributed by atoms with E-state index in [4.69, 9.17) is 14.3 Å². The number of ether oxygens (including phenoxy) is 2. The number of nitrogens with one attached hydrogen (secondary N) is 2. The quantitative estimate of drug-likeness (QED) is 0.493. The van der Waals surface area contributed by atoms with Crippen LogP contribution < -0.4 is 10.2 Å². The fourth-order valence-electron chi connectivity index (χ4n) is 4.02. The third-order valence-corrected chi connectivity index (χ3v) is 6.61. The maximum absolute atomic E-state index is 14.4. The minimum atomic E-state index is -4.75. The van der Waals surface area contributed by atoms with Crippen molar-refractivity contribution in [3.63, 3.8) is 0 Å². The lowest BCUT2D eigenvalue weighted by Crippen LogP contribution is -2.51. The number of rotatable bonds is 4. The third kappa shape index (κ3) is 4.13. The molecule has 3 rings (SSSR count). The van der Waals surface area contributed by atoms with Crippen LogP contribution in [-0.4, -0.2) is 30.5 Å². The van der Waals surface area contributed by atoms with Gasteiger partial charge in [0.2, 0.25) is 5.82 Å². The van der Waals surface area contributed by atoms with Crippen LogP contribution in [-0.2, 0) is 19.5 Å². The number of hydrogen-bond acceptors (Lipinski definition) is 6. The van der Waals surface area contributed by atoms with Crippen molar-refractivity contribution in [1.82, 2.24) is 4.98 Å². The third-order valence-electron chi connectivity index (χ3n) is 5.73. The van der Waals surface area contributed by atoms with E-state index in [2.05, 4.69) is 4.98 Å². The van der Waals surface area contributed by atoms with Crippen LogP contribution in [0.2, 0.25) is 0 Å². The standard InChI is InChI=1S/C20H20F5N2O4S/c1-9-18(32(26)29)15(28)6-14(27-9)12-8-31-19(2,20(23,24)25)7-11(12)10-4-5-13(21)16(22)17(10)30-3/h4-6,11-12,26H,7-8H2,1-3H3,(H,27,28)/q-1/t11-,12+,19+/m0/s1. The van der Waals surface area contributed by atoms with Crippen LogP contribution in [0.15, 0.2) is 27.9 Å². The van der Waals surface area contributed by atoms with Gasteiger partial charge in [0.05, 0.1) is 13.7 Å². The van der Waals surface area contributed by atoms with Gasteiger partial charge in [0.15, 0.2) is 22.6 Å². The summed E-state index contributed by atoms with van der Waals surface area (Å²) in [7, 11) is -1.26. The van der Waals surface area contributed by atoms with Gasteiger partial charge in [0, 0.05) is 34.9 Å². The molecule has 0 aliphatic carbocycles. The number of alkyl halides is 3. The molecule has 0 spiro atoms. The summed E-state index contributed by atoms with van der Waals surface area (Å²) in [5.74, 6) is -5.08. The lowest BCUT2D eigenvalue weighted by Gasteiger charge is -2.44. The molecule has 2 aromatic rings. The summed E-state index contributed by atoms with van der Waals surface area (Å²) in [4.78, 5) is 14.9. The fraction of sp³-hybridized carbons (Fsp3) is 0.450.